The summed E-state index contributed by atoms with van der Waals surface area (Å²) >= 11 is 0. The molecule has 0 bridgehead atoms. The van der Waals surface area contributed by atoms with Crippen molar-refractivity contribution in [3.63, 3.8) is 0 Å². The highest BCUT2D eigenvalue weighted by Gasteiger charge is 2.30. The third kappa shape index (κ3) is 3.32. The fourth-order valence-electron chi connectivity index (χ4n) is 2.48. The van der Waals surface area contributed by atoms with Gasteiger partial charge in [-0.1, -0.05) is 13.8 Å². The summed E-state index contributed by atoms with van der Waals surface area (Å²) in [5, 5.41) is 6.70. The normalized spacial score (nSPS) is 22.4. The molecule has 1 fully saturated rings. The van der Waals surface area contributed by atoms with Gasteiger partial charge in [-0.2, -0.15) is 0 Å². The van der Waals surface area contributed by atoms with Gasteiger partial charge in [0.2, 0.25) is 0 Å². The van der Waals surface area contributed by atoms with Gasteiger partial charge in [0.15, 0.2) is 0 Å². The van der Waals surface area contributed by atoms with E-state index in [9.17, 15) is 0 Å². The molecule has 94 valence electrons. The molecule has 1 saturated carbocycles. The topological polar surface area (TPSA) is 49.8 Å². The number of anilines is 2. The van der Waals surface area contributed by atoms with Crippen molar-refractivity contribution in [2.45, 2.75) is 46.1 Å². The van der Waals surface area contributed by atoms with E-state index in [0.29, 0.717) is 11.5 Å². The lowest BCUT2D eigenvalue weighted by atomic mass is 9.92. The molecule has 0 amide bonds. The zero-order valence-electron chi connectivity index (χ0n) is 11.0. The predicted molar refractivity (Wildman–Crippen MR) is 71.2 cm³/mol. The molecule has 2 N–H and O–H groups in total. The Bertz CT molecular complexity index is 375. The van der Waals surface area contributed by atoms with Gasteiger partial charge in [0.25, 0.3) is 0 Å². The van der Waals surface area contributed by atoms with E-state index in [1.165, 1.54) is 19.3 Å². The summed E-state index contributed by atoms with van der Waals surface area (Å²) in [6, 6.07) is 2.53. The van der Waals surface area contributed by atoms with E-state index in [0.717, 1.165) is 18.2 Å². The van der Waals surface area contributed by atoms with Crippen molar-refractivity contribution in [3.8, 4) is 0 Å². The van der Waals surface area contributed by atoms with Crippen molar-refractivity contribution in [3.05, 3.63) is 12.4 Å². The van der Waals surface area contributed by atoms with Gasteiger partial charge in [-0.05, 0) is 31.6 Å². The summed E-state index contributed by atoms with van der Waals surface area (Å²) in [5.41, 5.74) is 0.467. The largest absolute Gasteiger partial charge is 0.370 e. The lowest BCUT2D eigenvalue weighted by molar-refractivity contribution is 0.378. The zero-order chi connectivity index (χ0) is 12.3. The van der Waals surface area contributed by atoms with Crippen LogP contribution in [0.25, 0.3) is 0 Å². The van der Waals surface area contributed by atoms with E-state index < -0.39 is 0 Å². The van der Waals surface area contributed by atoms with Gasteiger partial charge in [0.1, 0.15) is 18.0 Å². The molecule has 4 heteroatoms. The van der Waals surface area contributed by atoms with Gasteiger partial charge in [0, 0.05) is 18.7 Å². The minimum atomic E-state index is 0.467. The first-order chi connectivity index (χ1) is 8.09. The molecule has 0 spiro atoms. The average molecular weight is 234 g/mol. The van der Waals surface area contributed by atoms with Gasteiger partial charge in [-0.15, -0.1) is 0 Å². The number of nitrogens with one attached hydrogen (secondary N) is 2. The minimum absolute atomic E-state index is 0.467. The van der Waals surface area contributed by atoms with Crippen LogP contribution in [0.3, 0.4) is 0 Å². The number of rotatable bonds is 4. The quantitative estimate of drug-likeness (QED) is 0.841. The first kappa shape index (κ1) is 12.1. The second-order valence-electron chi connectivity index (χ2n) is 5.57. The molecule has 0 saturated heterocycles. The van der Waals surface area contributed by atoms with Crippen molar-refractivity contribution in [1.82, 2.24) is 9.97 Å². The Morgan fingerprint density at radius 2 is 2.12 bits per heavy atom. The maximum absolute atomic E-state index is 4.27. The van der Waals surface area contributed by atoms with Gasteiger partial charge >= 0.3 is 0 Å². The zero-order valence-corrected chi connectivity index (χ0v) is 11.0. The smallest absolute Gasteiger partial charge is 0.131 e. The lowest BCUT2D eigenvalue weighted by Gasteiger charge is -2.18. The van der Waals surface area contributed by atoms with Crippen LogP contribution in [0.1, 0.15) is 40.0 Å². The molecule has 1 aromatic rings. The Hall–Kier alpha value is -1.32. The van der Waals surface area contributed by atoms with E-state index in [1.807, 2.05) is 6.07 Å². The molecule has 1 atom stereocenters. The number of hydrogen-bond donors (Lipinski definition) is 2. The Labute approximate surface area is 103 Å². The molecule has 0 aliphatic heterocycles. The minimum Gasteiger partial charge on any atom is -0.370 e. The lowest BCUT2D eigenvalue weighted by Crippen LogP contribution is -2.18. The van der Waals surface area contributed by atoms with E-state index in [1.54, 1.807) is 6.33 Å². The van der Waals surface area contributed by atoms with Crippen LogP contribution in [0, 0.1) is 5.41 Å². The van der Waals surface area contributed by atoms with Crippen molar-refractivity contribution >= 4 is 11.6 Å². The molecular formula is C13H22N4. The highest BCUT2D eigenvalue weighted by atomic mass is 15.1. The molecule has 1 aliphatic carbocycles. The molecule has 0 radical (unpaired) electrons. The van der Waals surface area contributed by atoms with Crippen LogP contribution in [-0.2, 0) is 0 Å². The van der Waals surface area contributed by atoms with Gasteiger partial charge in [-0.3, -0.25) is 0 Å². The fraction of sp³-hybridized carbons (Fsp3) is 0.692. The summed E-state index contributed by atoms with van der Waals surface area (Å²) in [4.78, 5) is 8.44. The molecule has 4 nitrogen and oxygen atoms in total. The van der Waals surface area contributed by atoms with Gasteiger partial charge in [-0.25, -0.2) is 9.97 Å². The van der Waals surface area contributed by atoms with Crippen molar-refractivity contribution in [2.24, 2.45) is 5.41 Å². The predicted octanol–water partition coefficient (Wildman–Crippen LogP) is 2.90. The van der Waals surface area contributed by atoms with Crippen LogP contribution < -0.4 is 10.6 Å². The maximum atomic E-state index is 4.27. The molecule has 2 rings (SSSR count). The number of aromatic nitrogens is 2. The Morgan fingerprint density at radius 1 is 1.35 bits per heavy atom. The summed E-state index contributed by atoms with van der Waals surface area (Å²) in [7, 11) is 0. The summed E-state index contributed by atoms with van der Waals surface area (Å²) in [5.74, 6) is 1.82. The van der Waals surface area contributed by atoms with Crippen LogP contribution in [0.15, 0.2) is 12.4 Å². The highest BCUT2D eigenvalue weighted by molar-refractivity contribution is 5.46. The highest BCUT2D eigenvalue weighted by Crippen LogP contribution is 2.38. The molecule has 0 aromatic carbocycles. The number of hydrogen-bond acceptors (Lipinski definition) is 4. The monoisotopic (exact) mass is 234 g/mol. The van der Waals surface area contributed by atoms with E-state index >= 15 is 0 Å². The van der Waals surface area contributed by atoms with Crippen LogP contribution in [0.2, 0.25) is 0 Å². The van der Waals surface area contributed by atoms with Crippen molar-refractivity contribution in [1.29, 1.82) is 0 Å². The molecule has 1 heterocycles. The summed E-state index contributed by atoms with van der Waals surface area (Å²) < 4.78 is 0. The fourth-order valence-corrected chi connectivity index (χ4v) is 2.48. The summed E-state index contributed by atoms with van der Waals surface area (Å²) in [6.45, 7) is 7.61. The maximum Gasteiger partial charge on any atom is 0.131 e. The van der Waals surface area contributed by atoms with Crippen molar-refractivity contribution < 1.29 is 0 Å². The molecular weight excluding hydrogens is 212 g/mol. The Balaban J connectivity index is 1.97. The molecule has 1 unspecified atom stereocenters. The van der Waals surface area contributed by atoms with E-state index in [4.69, 9.17) is 0 Å². The summed E-state index contributed by atoms with van der Waals surface area (Å²) in [6.07, 6.45) is 5.34. The average Bonchev–Trinajstić information content (AvgIpc) is 2.59. The van der Waals surface area contributed by atoms with E-state index in [-0.39, 0.29) is 0 Å². The van der Waals surface area contributed by atoms with Crippen molar-refractivity contribution in [2.75, 3.05) is 17.2 Å². The first-order valence-corrected chi connectivity index (χ1v) is 6.41. The number of nitrogens with zero attached hydrogens (tertiary/aromatic N) is 2. The van der Waals surface area contributed by atoms with Crippen LogP contribution in [0.4, 0.5) is 11.6 Å². The van der Waals surface area contributed by atoms with Gasteiger partial charge < -0.3 is 10.6 Å². The molecule has 17 heavy (non-hydrogen) atoms. The SMILES string of the molecule is CCNc1cc(NC2CCC(C)(C)C2)ncn1. The molecule has 1 aromatic heterocycles. The third-order valence-corrected chi connectivity index (χ3v) is 3.35. The standard InChI is InChI=1S/C13H22N4/c1-4-14-11-7-12(16-9-15-11)17-10-5-6-13(2,3)8-10/h7,9-10H,4-6,8H2,1-3H3,(H2,14,15,16,17). The van der Waals surface area contributed by atoms with Crippen LogP contribution >= 0.6 is 0 Å². The van der Waals surface area contributed by atoms with Crippen LogP contribution in [-0.4, -0.2) is 22.6 Å². The second-order valence-corrected chi connectivity index (χ2v) is 5.57. The second kappa shape index (κ2) is 4.90. The van der Waals surface area contributed by atoms with E-state index in [2.05, 4.69) is 41.4 Å². The molecule has 1 aliphatic rings. The third-order valence-electron chi connectivity index (χ3n) is 3.35. The first-order valence-electron chi connectivity index (χ1n) is 6.41. The van der Waals surface area contributed by atoms with Crippen LogP contribution in [0.5, 0.6) is 0 Å². The Morgan fingerprint density at radius 3 is 2.76 bits per heavy atom. The van der Waals surface area contributed by atoms with Gasteiger partial charge in [0.05, 0.1) is 0 Å². The Kier molecular flexibility index (Phi) is 3.50.